The Hall–Kier alpha value is -1.66. The van der Waals surface area contributed by atoms with Crippen molar-refractivity contribution >= 4 is 11.9 Å². The number of amides is 1. The molecular weight excluding hydrogens is 803 g/mol. The van der Waals surface area contributed by atoms with Gasteiger partial charge in [-0.1, -0.05) is 269 Å². The Labute approximate surface area is 405 Å². The molecule has 0 saturated heterocycles. The first-order valence-corrected chi connectivity index (χ1v) is 29.1. The van der Waals surface area contributed by atoms with Crippen LogP contribution in [0.5, 0.6) is 0 Å². The summed E-state index contributed by atoms with van der Waals surface area (Å²) in [6.45, 7) is 4.88. The van der Waals surface area contributed by atoms with Gasteiger partial charge in [0.05, 0.1) is 25.4 Å². The molecule has 0 aliphatic carbocycles. The van der Waals surface area contributed by atoms with Gasteiger partial charge in [-0.25, -0.2) is 0 Å². The van der Waals surface area contributed by atoms with Crippen molar-refractivity contribution in [1.82, 2.24) is 5.32 Å². The largest absolute Gasteiger partial charge is 0.466 e. The summed E-state index contributed by atoms with van der Waals surface area (Å²) in [6.07, 6.45) is 66.5. The van der Waals surface area contributed by atoms with Gasteiger partial charge in [0.1, 0.15) is 0 Å². The topological polar surface area (TPSA) is 95.9 Å². The second-order valence-electron chi connectivity index (χ2n) is 20.0. The lowest BCUT2D eigenvalue weighted by atomic mass is 10.0. The van der Waals surface area contributed by atoms with Crippen LogP contribution in [-0.2, 0) is 14.3 Å². The Morgan fingerprint density at radius 2 is 0.723 bits per heavy atom. The number of ether oxygens (including phenoxy) is 1. The molecule has 65 heavy (non-hydrogen) atoms. The molecule has 0 rings (SSSR count). The highest BCUT2D eigenvalue weighted by Gasteiger charge is 2.18. The first kappa shape index (κ1) is 63.3. The third kappa shape index (κ3) is 51.6. The third-order valence-electron chi connectivity index (χ3n) is 13.5. The standard InChI is InChI=1S/C59H113NO5/c1-3-5-7-9-11-13-32-37-41-45-49-53-59(64)65-54-50-46-42-38-34-31-29-27-25-23-21-19-17-15-14-16-18-20-22-24-26-28-30-33-36-40-44-48-52-58(63)60-56(55-61)57(62)51-47-43-39-35-12-10-8-6-4-2/h14-15,47,51,56-57,61-62H,3-13,16-46,48-50,52-55H2,1-2H3,(H,60,63)/b15-14-,51-47+. The monoisotopic (exact) mass is 916 g/mol. The van der Waals surface area contributed by atoms with Crippen molar-refractivity contribution in [2.45, 2.75) is 328 Å². The van der Waals surface area contributed by atoms with Crippen molar-refractivity contribution in [3.8, 4) is 0 Å². The maximum absolute atomic E-state index is 12.4. The van der Waals surface area contributed by atoms with E-state index in [-0.39, 0.29) is 18.5 Å². The SMILES string of the molecule is CCCCCCCCC/C=C/C(O)C(CO)NC(=O)CCCCCCCCCCCCCC/C=C\CCCCCCCCCCCCCCOC(=O)CCCCCCCCCCCCC. The fourth-order valence-corrected chi connectivity index (χ4v) is 8.98. The van der Waals surface area contributed by atoms with Gasteiger partial charge in [0.25, 0.3) is 0 Å². The molecule has 0 aromatic heterocycles. The van der Waals surface area contributed by atoms with E-state index in [1.54, 1.807) is 6.08 Å². The molecule has 0 aromatic carbocycles. The average Bonchev–Trinajstić information content (AvgIpc) is 3.31. The summed E-state index contributed by atoms with van der Waals surface area (Å²) in [5.41, 5.74) is 0. The molecule has 384 valence electrons. The molecule has 0 fully saturated rings. The minimum Gasteiger partial charge on any atom is -0.466 e. The molecule has 6 nitrogen and oxygen atoms in total. The van der Waals surface area contributed by atoms with Gasteiger partial charge < -0.3 is 20.3 Å². The number of carbonyl (C=O) groups is 2. The van der Waals surface area contributed by atoms with Gasteiger partial charge in [-0.3, -0.25) is 9.59 Å². The molecule has 0 bridgehead atoms. The molecule has 0 saturated carbocycles. The predicted octanol–water partition coefficient (Wildman–Crippen LogP) is 17.9. The first-order chi connectivity index (χ1) is 32.0. The third-order valence-corrected chi connectivity index (χ3v) is 13.5. The Balaban J connectivity index is 3.36. The molecule has 1 amide bonds. The lowest BCUT2D eigenvalue weighted by Crippen LogP contribution is -2.45. The molecule has 0 aliphatic heterocycles. The second kappa shape index (κ2) is 54.9. The highest BCUT2D eigenvalue weighted by molar-refractivity contribution is 5.76. The number of nitrogens with one attached hydrogen (secondary N) is 1. The molecule has 0 aliphatic rings. The lowest BCUT2D eigenvalue weighted by molar-refractivity contribution is -0.143. The predicted molar refractivity (Wildman–Crippen MR) is 283 cm³/mol. The van der Waals surface area contributed by atoms with Crippen LogP contribution in [-0.4, -0.2) is 47.4 Å². The Kier molecular flexibility index (Phi) is 53.5. The molecule has 0 heterocycles. The van der Waals surface area contributed by atoms with Crippen molar-refractivity contribution in [3.05, 3.63) is 24.3 Å². The highest BCUT2D eigenvalue weighted by atomic mass is 16.5. The minimum atomic E-state index is -0.841. The first-order valence-electron chi connectivity index (χ1n) is 29.1. The smallest absolute Gasteiger partial charge is 0.305 e. The summed E-state index contributed by atoms with van der Waals surface area (Å²) in [4.78, 5) is 24.4. The molecule has 2 atom stereocenters. The Bertz CT molecular complexity index is 1010. The number of unbranched alkanes of at least 4 members (excludes halogenated alkanes) is 41. The van der Waals surface area contributed by atoms with E-state index in [0.717, 1.165) is 38.5 Å². The van der Waals surface area contributed by atoms with Crippen LogP contribution in [0.4, 0.5) is 0 Å². The van der Waals surface area contributed by atoms with Gasteiger partial charge in [0, 0.05) is 12.8 Å². The number of aliphatic hydroxyl groups excluding tert-OH is 2. The number of carbonyl (C=O) groups excluding carboxylic acids is 2. The fourth-order valence-electron chi connectivity index (χ4n) is 8.98. The van der Waals surface area contributed by atoms with Crippen LogP contribution in [0.3, 0.4) is 0 Å². The van der Waals surface area contributed by atoms with Crippen molar-refractivity contribution in [2.24, 2.45) is 0 Å². The zero-order chi connectivity index (χ0) is 47.2. The summed E-state index contributed by atoms with van der Waals surface area (Å²) >= 11 is 0. The number of hydrogen-bond donors (Lipinski definition) is 3. The molecular formula is C59H113NO5. The zero-order valence-corrected chi connectivity index (χ0v) is 43.7. The van der Waals surface area contributed by atoms with Crippen molar-refractivity contribution < 1.29 is 24.5 Å². The normalized spacial score (nSPS) is 12.7. The number of aliphatic hydroxyl groups is 2. The van der Waals surface area contributed by atoms with Crippen LogP contribution in [0, 0.1) is 0 Å². The number of hydrogen-bond acceptors (Lipinski definition) is 5. The van der Waals surface area contributed by atoms with Crippen molar-refractivity contribution in [3.63, 3.8) is 0 Å². The summed E-state index contributed by atoms with van der Waals surface area (Å²) in [6, 6.07) is -0.625. The fraction of sp³-hybridized carbons (Fsp3) is 0.898. The van der Waals surface area contributed by atoms with Crippen LogP contribution in [0.1, 0.15) is 316 Å². The molecule has 2 unspecified atom stereocenters. The van der Waals surface area contributed by atoms with E-state index >= 15 is 0 Å². The van der Waals surface area contributed by atoms with Crippen LogP contribution >= 0.6 is 0 Å². The molecule has 0 aromatic rings. The molecule has 3 N–H and O–H groups in total. The Morgan fingerprint density at radius 1 is 0.415 bits per heavy atom. The Morgan fingerprint density at radius 3 is 1.09 bits per heavy atom. The van der Waals surface area contributed by atoms with Crippen LogP contribution < -0.4 is 5.32 Å². The van der Waals surface area contributed by atoms with E-state index < -0.39 is 12.1 Å². The van der Waals surface area contributed by atoms with Crippen LogP contribution in [0.15, 0.2) is 24.3 Å². The number of rotatable bonds is 54. The summed E-state index contributed by atoms with van der Waals surface area (Å²) in [5, 5.41) is 22.9. The van der Waals surface area contributed by atoms with Crippen molar-refractivity contribution in [1.29, 1.82) is 0 Å². The van der Waals surface area contributed by atoms with Crippen LogP contribution in [0.25, 0.3) is 0 Å². The van der Waals surface area contributed by atoms with Gasteiger partial charge in [-0.15, -0.1) is 0 Å². The second-order valence-corrected chi connectivity index (χ2v) is 20.0. The lowest BCUT2D eigenvalue weighted by Gasteiger charge is -2.20. The van der Waals surface area contributed by atoms with Crippen molar-refractivity contribution in [2.75, 3.05) is 13.2 Å². The minimum absolute atomic E-state index is 0.0150. The van der Waals surface area contributed by atoms with E-state index in [1.807, 2.05) is 6.08 Å². The maximum Gasteiger partial charge on any atom is 0.305 e. The molecule has 6 heteroatoms. The zero-order valence-electron chi connectivity index (χ0n) is 43.7. The summed E-state index contributed by atoms with van der Waals surface area (Å²) in [5.74, 6) is -0.0551. The average molecular weight is 917 g/mol. The highest BCUT2D eigenvalue weighted by Crippen LogP contribution is 2.17. The van der Waals surface area contributed by atoms with E-state index in [2.05, 4.69) is 31.3 Å². The molecule has 0 spiro atoms. The molecule has 0 radical (unpaired) electrons. The van der Waals surface area contributed by atoms with E-state index in [4.69, 9.17) is 4.74 Å². The van der Waals surface area contributed by atoms with E-state index in [1.165, 1.54) is 250 Å². The number of allylic oxidation sites excluding steroid dienone is 3. The van der Waals surface area contributed by atoms with E-state index in [0.29, 0.717) is 19.4 Å². The maximum atomic E-state index is 12.4. The van der Waals surface area contributed by atoms with Gasteiger partial charge >= 0.3 is 5.97 Å². The quantitative estimate of drug-likeness (QED) is 0.0321. The van der Waals surface area contributed by atoms with Gasteiger partial charge in [0.2, 0.25) is 5.91 Å². The summed E-state index contributed by atoms with van der Waals surface area (Å²) < 4.78 is 5.46. The summed E-state index contributed by atoms with van der Waals surface area (Å²) in [7, 11) is 0. The van der Waals surface area contributed by atoms with Gasteiger partial charge in [-0.2, -0.15) is 0 Å². The number of esters is 1. The van der Waals surface area contributed by atoms with E-state index in [9.17, 15) is 19.8 Å². The van der Waals surface area contributed by atoms with Gasteiger partial charge in [0.15, 0.2) is 0 Å². The van der Waals surface area contributed by atoms with Crippen LogP contribution in [0.2, 0.25) is 0 Å². The van der Waals surface area contributed by atoms with Gasteiger partial charge in [-0.05, 0) is 57.8 Å².